The van der Waals surface area contributed by atoms with Gasteiger partial charge >= 0.3 is 11.9 Å². The number of hydrogen-bond acceptors (Lipinski definition) is 9. The molecule has 0 bridgehead atoms. The molecule has 2 atom stereocenters. The first-order valence-corrected chi connectivity index (χ1v) is 15.4. The topological polar surface area (TPSA) is 193 Å². The lowest BCUT2D eigenvalue weighted by Crippen LogP contribution is -2.45. The van der Waals surface area contributed by atoms with Crippen LogP contribution in [0.5, 0.6) is 0 Å². The van der Waals surface area contributed by atoms with E-state index in [9.17, 15) is 28.4 Å². The third kappa shape index (κ3) is 10.6. The highest BCUT2D eigenvalue weighted by Crippen LogP contribution is 2.29. The van der Waals surface area contributed by atoms with Crippen LogP contribution in [-0.4, -0.2) is 81.3 Å². The monoisotopic (exact) mass is 697 g/mol. The van der Waals surface area contributed by atoms with E-state index < -0.39 is 29.3 Å². The number of H-pyrrole nitrogens is 2. The van der Waals surface area contributed by atoms with Gasteiger partial charge in [0.2, 0.25) is 0 Å². The lowest BCUT2D eigenvalue weighted by Gasteiger charge is -2.31. The Morgan fingerprint density at radius 2 is 1.55 bits per heavy atom. The third-order valence-electron chi connectivity index (χ3n) is 7.29. The van der Waals surface area contributed by atoms with Crippen molar-refractivity contribution in [3.05, 3.63) is 93.8 Å². The highest BCUT2D eigenvalue weighted by Gasteiger charge is 2.38. The molecule has 49 heavy (non-hydrogen) atoms. The molecule has 0 aliphatic carbocycles. The number of aromatic nitrogens is 4. The van der Waals surface area contributed by atoms with Gasteiger partial charge in [-0.2, -0.15) is 10.2 Å². The maximum absolute atomic E-state index is 14.3. The Morgan fingerprint density at radius 1 is 0.959 bits per heavy atom. The van der Waals surface area contributed by atoms with Crippen LogP contribution in [0.2, 0.25) is 5.02 Å². The zero-order valence-electron chi connectivity index (χ0n) is 27.6. The number of hydrogen-bond donors (Lipinski definition) is 4. The number of ether oxygens (including phenoxy) is 2. The molecule has 0 saturated carbocycles. The molecule has 1 amide bonds. The lowest BCUT2D eigenvalue weighted by molar-refractivity contribution is -0.158. The second-order valence-corrected chi connectivity index (χ2v) is 11.8. The van der Waals surface area contributed by atoms with Gasteiger partial charge in [-0.15, -0.1) is 0 Å². The predicted octanol–water partition coefficient (Wildman–Crippen LogP) is 5.33. The average molecular weight is 698 g/mol. The van der Waals surface area contributed by atoms with Crippen LogP contribution in [0.4, 0.5) is 4.39 Å². The van der Waals surface area contributed by atoms with Crippen molar-refractivity contribution in [2.24, 2.45) is 5.41 Å². The van der Waals surface area contributed by atoms with Crippen molar-refractivity contribution in [1.82, 2.24) is 25.7 Å². The van der Waals surface area contributed by atoms with Gasteiger partial charge < -0.3 is 19.9 Å². The van der Waals surface area contributed by atoms with E-state index in [-0.39, 0.29) is 59.8 Å². The fourth-order valence-electron chi connectivity index (χ4n) is 4.86. The molecule has 2 heterocycles. The maximum atomic E-state index is 14.3. The van der Waals surface area contributed by atoms with Gasteiger partial charge in [0.25, 0.3) is 5.91 Å². The summed E-state index contributed by atoms with van der Waals surface area (Å²) >= 11 is 6.04. The summed E-state index contributed by atoms with van der Waals surface area (Å²) in [7, 11) is 1.49. The SMILES string of the molecule is CC(=O)c1cc(C(=O)O)[nH]n1.CCOC(=O)[C@](C)(COC)C[C@@H](Cc1ccc(-c2cc(Cl)ccc2F)cc1)NC(=O)c1cc(C(C)=O)n[nH]1. The van der Waals surface area contributed by atoms with Gasteiger partial charge in [-0.1, -0.05) is 35.9 Å². The Balaban J connectivity index is 0.000000501. The van der Waals surface area contributed by atoms with Crippen molar-refractivity contribution >= 4 is 41.0 Å². The molecule has 260 valence electrons. The first-order valence-electron chi connectivity index (χ1n) is 15.0. The second-order valence-electron chi connectivity index (χ2n) is 11.4. The summed E-state index contributed by atoms with van der Waals surface area (Å²) in [6.45, 7) is 6.42. The highest BCUT2D eigenvalue weighted by molar-refractivity contribution is 6.30. The van der Waals surface area contributed by atoms with Crippen molar-refractivity contribution in [1.29, 1.82) is 0 Å². The number of halogens is 2. The molecule has 4 rings (SSSR count). The van der Waals surface area contributed by atoms with Crippen molar-refractivity contribution in [2.45, 2.75) is 46.6 Å². The van der Waals surface area contributed by atoms with Crippen molar-refractivity contribution in [3.63, 3.8) is 0 Å². The maximum Gasteiger partial charge on any atom is 0.353 e. The number of aromatic amines is 2. The quantitative estimate of drug-likeness (QED) is 0.0988. The molecule has 0 aliphatic rings. The van der Waals surface area contributed by atoms with Crippen molar-refractivity contribution in [2.75, 3.05) is 20.3 Å². The summed E-state index contributed by atoms with van der Waals surface area (Å²) in [5.41, 5.74) is 1.17. The molecular weight excluding hydrogens is 661 g/mol. The van der Waals surface area contributed by atoms with Crippen LogP contribution in [0.15, 0.2) is 54.6 Å². The van der Waals surface area contributed by atoms with Crippen LogP contribution in [0.25, 0.3) is 11.1 Å². The molecule has 0 aliphatic heterocycles. The highest BCUT2D eigenvalue weighted by atomic mass is 35.5. The Hall–Kier alpha value is -5.21. The lowest BCUT2D eigenvalue weighted by atomic mass is 9.82. The standard InChI is InChI=1S/C28H31ClFN3O5.C6H6N2O3/c1-5-38-27(36)28(3,16-37-4)15-21(31-26(35)25-14-24(17(2)34)32-33-25)12-18-6-8-19(9-7-18)22-13-20(29)10-11-23(22)30;1-3(9)4-2-5(6(10)11)8-7-4/h6-11,13-14,21H,5,12,15-16H2,1-4H3,(H,31,35)(H,32,33);2H,1H3,(H,7,8)(H,10,11)/t21-,28+;/m1./s1. The number of carboxylic acids is 1. The van der Waals surface area contributed by atoms with E-state index in [4.69, 9.17) is 26.2 Å². The van der Waals surface area contributed by atoms with Gasteiger partial charge in [-0.05, 0) is 62.1 Å². The van der Waals surface area contributed by atoms with Gasteiger partial charge in [0.15, 0.2) is 11.6 Å². The van der Waals surface area contributed by atoms with Gasteiger partial charge in [-0.3, -0.25) is 29.4 Å². The number of carbonyl (C=O) groups excluding carboxylic acids is 4. The number of methoxy groups -OCH3 is 1. The van der Waals surface area contributed by atoms with Crippen LogP contribution < -0.4 is 5.32 Å². The minimum Gasteiger partial charge on any atom is -0.477 e. The van der Waals surface area contributed by atoms with E-state index >= 15 is 0 Å². The van der Waals surface area contributed by atoms with Crippen LogP contribution in [-0.2, 0) is 20.7 Å². The van der Waals surface area contributed by atoms with Gasteiger partial charge in [0, 0.05) is 43.7 Å². The Kier molecular flexibility index (Phi) is 13.5. The summed E-state index contributed by atoms with van der Waals surface area (Å²) in [4.78, 5) is 58.3. The number of carboxylic acid groups (broad SMARTS) is 1. The van der Waals surface area contributed by atoms with Crippen molar-refractivity contribution < 1.29 is 42.9 Å². The van der Waals surface area contributed by atoms with E-state index in [1.165, 1.54) is 45.2 Å². The van der Waals surface area contributed by atoms with E-state index in [1.54, 1.807) is 32.0 Å². The third-order valence-corrected chi connectivity index (χ3v) is 7.53. The zero-order valence-corrected chi connectivity index (χ0v) is 28.3. The molecule has 0 saturated heterocycles. The molecular formula is C34H37ClFN5O8. The van der Waals surface area contributed by atoms with Gasteiger partial charge in [0.05, 0.1) is 18.6 Å². The molecule has 13 nitrogen and oxygen atoms in total. The van der Waals surface area contributed by atoms with Gasteiger partial charge in [0.1, 0.15) is 28.6 Å². The molecule has 0 spiro atoms. The van der Waals surface area contributed by atoms with E-state index in [1.807, 2.05) is 12.1 Å². The van der Waals surface area contributed by atoms with Crippen molar-refractivity contribution in [3.8, 4) is 11.1 Å². The summed E-state index contributed by atoms with van der Waals surface area (Å²) in [6.07, 6.45) is 0.570. The zero-order chi connectivity index (χ0) is 36.3. The summed E-state index contributed by atoms with van der Waals surface area (Å²) < 4.78 is 24.9. The fraction of sp³-hybridized carbons (Fsp3) is 0.324. The van der Waals surface area contributed by atoms with Crippen LogP contribution in [0, 0.1) is 11.2 Å². The first-order chi connectivity index (χ1) is 23.2. The number of aromatic carboxylic acids is 1. The average Bonchev–Trinajstić information content (AvgIpc) is 3.75. The van der Waals surface area contributed by atoms with Crippen LogP contribution >= 0.6 is 11.6 Å². The van der Waals surface area contributed by atoms with E-state index in [0.717, 1.165) is 5.56 Å². The number of rotatable bonds is 14. The summed E-state index contributed by atoms with van der Waals surface area (Å²) in [5.74, 6) is -2.95. The second kappa shape index (κ2) is 17.3. The minimum atomic E-state index is -1.12. The number of ketones is 2. The van der Waals surface area contributed by atoms with E-state index in [2.05, 4.69) is 25.7 Å². The Bertz CT molecular complexity index is 1780. The van der Waals surface area contributed by atoms with Gasteiger partial charge in [-0.25, -0.2) is 9.18 Å². The van der Waals surface area contributed by atoms with E-state index in [0.29, 0.717) is 22.6 Å². The summed E-state index contributed by atoms with van der Waals surface area (Å²) in [6, 6.07) is 13.6. The molecule has 2 aromatic heterocycles. The number of esters is 1. The number of benzene rings is 2. The Labute approximate surface area is 286 Å². The van der Waals surface area contributed by atoms with Crippen LogP contribution in [0.1, 0.15) is 81.6 Å². The molecule has 0 unspecified atom stereocenters. The predicted molar refractivity (Wildman–Crippen MR) is 177 cm³/mol. The Morgan fingerprint density at radius 3 is 2.06 bits per heavy atom. The molecule has 0 fully saturated rings. The molecule has 4 N–H and O–H groups in total. The molecule has 4 aromatic rings. The number of amides is 1. The van der Waals surface area contributed by atoms with Crippen LogP contribution in [0.3, 0.4) is 0 Å². The number of nitrogens with one attached hydrogen (secondary N) is 3. The number of carbonyl (C=O) groups is 5. The summed E-state index contributed by atoms with van der Waals surface area (Å²) in [5, 5.41) is 23.9. The number of nitrogens with zero attached hydrogens (tertiary/aromatic N) is 2. The first kappa shape index (κ1) is 38.2. The molecule has 2 aromatic carbocycles. The smallest absolute Gasteiger partial charge is 0.353 e. The molecule has 15 heteroatoms. The minimum absolute atomic E-state index is 0.0739. The largest absolute Gasteiger partial charge is 0.477 e. The number of Topliss-reactive ketones (excluding diaryl/α,β-unsaturated/α-hetero) is 2. The fourth-order valence-corrected chi connectivity index (χ4v) is 5.03. The molecule has 0 radical (unpaired) electrons. The normalized spacial score (nSPS) is 12.6.